The van der Waals surface area contributed by atoms with Crippen LogP contribution in [0.15, 0.2) is 47.1 Å². The van der Waals surface area contributed by atoms with Crippen molar-refractivity contribution in [2.75, 3.05) is 11.4 Å². The first-order valence-electron chi connectivity index (χ1n) is 8.29. The van der Waals surface area contributed by atoms with E-state index in [-0.39, 0.29) is 24.3 Å². The number of anilines is 1. The molecule has 0 aliphatic carbocycles. The van der Waals surface area contributed by atoms with Crippen LogP contribution in [0.25, 0.3) is 0 Å². The van der Waals surface area contributed by atoms with Crippen molar-refractivity contribution in [1.29, 1.82) is 0 Å². The highest BCUT2D eigenvalue weighted by Crippen LogP contribution is 2.20. The van der Waals surface area contributed by atoms with Crippen molar-refractivity contribution in [3.05, 3.63) is 48.4 Å². The number of hydrogen-bond donors (Lipinski definition) is 1. The van der Waals surface area contributed by atoms with Gasteiger partial charge in [0.1, 0.15) is 11.5 Å². The van der Waals surface area contributed by atoms with Crippen molar-refractivity contribution < 1.29 is 18.7 Å². The number of amides is 2. The van der Waals surface area contributed by atoms with E-state index in [0.717, 1.165) is 11.4 Å². The van der Waals surface area contributed by atoms with E-state index >= 15 is 0 Å². The molecule has 0 fully saturated rings. The summed E-state index contributed by atoms with van der Waals surface area (Å²) in [5.41, 5.74) is 0.738. The highest BCUT2D eigenvalue weighted by atomic mass is 16.5. The van der Waals surface area contributed by atoms with Crippen LogP contribution in [-0.2, 0) is 16.1 Å². The van der Waals surface area contributed by atoms with Gasteiger partial charge < -0.3 is 19.4 Å². The molecule has 0 saturated carbocycles. The zero-order valence-corrected chi connectivity index (χ0v) is 14.8. The fourth-order valence-electron chi connectivity index (χ4n) is 2.35. The summed E-state index contributed by atoms with van der Waals surface area (Å²) in [7, 11) is 0. The summed E-state index contributed by atoms with van der Waals surface area (Å²) in [5, 5.41) is 2.77. The third-order valence-electron chi connectivity index (χ3n) is 3.50. The van der Waals surface area contributed by atoms with E-state index in [9.17, 15) is 9.59 Å². The van der Waals surface area contributed by atoms with Crippen LogP contribution in [0.2, 0.25) is 0 Å². The Hall–Kier alpha value is -2.76. The Bertz CT molecular complexity index is 678. The molecule has 0 aliphatic heterocycles. The van der Waals surface area contributed by atoms with E-state index in [1.807, 2.05) is 38.1 Å². The van der Waals surface area contributed by atoms with E-state index in [4.69, 9.17) is 9.15 Å². The quantitative estimate of drug-likeness (QED) is 0.798. The first-order valence-corrected chi connectivity index (χ1v) is 8.29. The maximum atomic E-state index is 12.0. The van der Waals surface area contributed by atoms with Crippen LogP contribution in [0.4, 0.5) is 5.69 Å². The Morgan fingerprint density at radius 2 is 1.92 bits per heavy atom. The van der Waals surface area contributed by atoms with Gasteiger partial charge in [-0.2, -0.15) is 0 Å². The number of ether oxygens (including phenoxy) is 1. The summed E-state index contributed by atoms with van der Waals surface area (Å²) in [6.07, 6.45) is 1.86. The van der Waals surface area contributed by atoms with Crippen molar-refractivity contribution in [3.63, 3.8) is 0 Å². The van der Waals surface area contributed by atoms with Gasteiger partial charge >= 0.3 is 0 Å². The Morgan fingerprint density at radius 3 is 2.48 bits per heavy atom. The second-order valence-electron chi connectivity index (χ2n) is 5.94. The van der Waals surface area contributed by atoms with Crippen LogP contribution < -0.4 is 15.0 Å². The number of nitrogens with zero attached hydrogens (tertiary/aromatic N) is 1. The van der Waals surface area contributed by atoms with Gasteiger partial charge in [-0.15, -0.1) is 0 Å². The number of carbonyl (C=O) groups excluding carboxylic acids is 2. The number of furan rings is 1. The molecule has 6 heteroatoms. The van der Waals surface area contributed by atoms with Crippen LogP contribution in [0.1, 0.15) is 33.0 Å². The lowest BCUT2D eigenvalue weighted by atomic mass is 10.2. The van der Waals surface area contributed by atoms with Crippen molar-refractivity contribution in [1.82, 2.24) is 5.32 Å². The fourth-order valence-corrected chi connectivity index (χ4v) is 2.35. The fraction of sp³-hybridized carbons (Fsp3) is 0.368. The lowest BCUT2D eigenvalue weighted by Gasteiger charge is -2.21. The summed E-state index contributed by atoms with van der Waals surface area (Å²) < 4.78 is 10.8. The molecule has 134 valence electrons. The van der Waals surface area contributed by atoms with E-state index in [0.29, 0.717) is 18.8 Å². The van der Waals surface area contributed by atoms with Crippen LogP contribution in [0.3, 0.4) is 0 Å². The normalized spacial score (nSPS) is 10.6. The molecule has 1 heterocycles. The average molecular weight is 344 g/mol. The Balaban J connectivity index is 1.89. The van der Waals surface area contributed by atoms with Gasteiger partial charge in [0.2, 0.25) is 11.8 Å². The molecule has 0 saturated heterocycles. The molecule has 1 aromatic heterocycles. The number of hydrogen-bond acceptors (Lipinski definition) is 4. The number of carbonyl (C=O) groups is 2. The van der Waals surface area contributed by atoms with Crippen LogP contribution >= 0.6 is 0 Å². The summed E-state index contributed by atoms with van der Waals surface area (Å²) in [6.45, 7) is 6.05. The summed E-state index contributed by atoms with van der Waals surface area (Å²) in [6, 6.07) is 10.8. The topological polar surface area (TPSA) is 71.8 Å². The van der Waals surface area contributed by atoms with Crippen LogP contribution in [-0.4, -0.2) is 24.5 Å². The summed E-state index contributed by atoms with van der Waals surface area (Å²) in [5.74, 6) is 1.19. The molecular weight excluding hydrogens is 320 g/mol. The maximum Gasteiger partial charge on any atom is 0.223 e. The summed E-state index contributed by atoms with van der Waals surface area (Å²) in [4.78, 5) is 25.4. The largest absolute Gasteiger partial charge is 0.491 e. The highest BCUT2D eigenvalue weighted by Gasteiger charge is 2.14. The molecule has 0 bridgehead atoms. The third-order valence-corrected chi connectivity index (χ3v) is 3.50. The van der Waals surface area contributed by atoms with E-state index in [1.165, 1.54) is 6.92 Å². The molecule has 0 spiro atoms. The lowest BCUT2D eigenvalue weighted by Crippen LogP contribution is -2.33. The van der Waals surface area contributed by atoms with Crippen LogP contribution in [0, 0.1) is 0 Å². The van der Waals surface area contributed by atoms with Gasteiger partial charge in [-0.05, 0) is 50.2 Å². The SMILES string of the molecule is CC(=O)N(CCC(=O)NCc1ccco1)c1ccc(OC(C)C)cc1. The molecule has 0 aliphatic rings. The Labute approximate surface area is 147 Å². The van der Waals surface area contributed by atoms with Crippen molar-refractivity contribution in [2.45, 2.75) is 39.8 Å². The Morgan fingerprint density at radius 1 is 1.20 bits per heavy atom. The number of rotatable bonds is 8. The van der Waals surface area contributed by atoms with Gasteiger partial charge in [-0.25, -0.2) is 0 Å². The molecule has 2 rings (SSSR count). The average Bonchev–Trinajstić information content (AvgIpc) is 3.07. The van der Waals surface area contributed by atoms with Gasteiger partial charge in [-0.3, -0.25) is 9.59 Å². The van der Waals surface area contributed by atoms with E-state index in [1.54, 1.807) is 23.3 Å². The minimum Gasteiger partial charge on any atom is -0.491 e. The van der Waals surface area contributed by atoms with Crippen molar-refractivity contribution in [3.8, 4) is 5.75 Å². The summed E-state index contributed by atoms with van der Waals surface area (Å²) >= 11 is 0. The standard InChI is InChI=1S/C19H24N2O4/c1-14(2)25-17-8-6-16(7-9-17)21(15(3)22)11-10-19(23)20-13-18-5-4-12-24-18/h4-9,12,14H,10-11,13H2,1-3H3,(H,20,23). The molecule has 6 nitrogen and oxygen atoms in total. The molecule has 0 atom stereocenters. The minimum atomic E-state index is -0.137. The van der Waals surface area contributed by atoms with Gasteiger partial charge in [-0.1, -0.05) is 0 Å². The van der Waals surface area contributed by atoms with Crippen LogP contribution in [0.5, 0.6) is 5.75 Å². The smallest absolute Gasteiger partial charge is 0.223 e. The van der Waals surface area contributed by atoms with E-state index in [2.05, 4.69) is 5.32 Å². The minimum absolute atomic E-state index is 0.0904. The predicted octanol–water partition coefficient (Wildman–Crippen LogP) is 3.13. The molecule has 2 aromatic rings. The predicted molar refractivity (Wildman–Crippen MR) is 95.4 cm³/mol. The number of benzene rings is 1. The van der Waals surface area contributed by atoms with E-state index < -0.39 is 0 Å². The molecule has 0 unspecified atom stereocenters. The van der Waals surface area contributed by atoms with Crippen molar-refractivity contribution >= 4 is 17.5 Å². The highest BCUT2D eigenvalue weighted by molar-refractivity contribution is 5.92. The van der Waals surface area contributed by atoms with Gasteiger partial charge in [0, 0.05) is 25.6 Å². The first kappa shape index (κ1) is 18.6. The molecule has 1 N–H and O–H groups in total. The molecular formula is C19H24N2O4. The zero-order valence-electron chi connectivity index (χ0n) is 14.8. The lowest BCUT2D eigenvalue weighted by molar-refractivity contribution is -0.121. The zero-order chi connectivity index (χ0) is 18.2. The second kappa shape index (κ2) is 8.92. The molecule has 25 heavy (non-hydrogen) atoms. The molecule has 1 aromatic carbocycles. The Kier molecular flexibility index (Phi) is 6.62. The molecule has 2 amide bonds. The van der Waals surface area contributed by atoms with Gasteiger partial charge in [0.05, 0.1) is 18.9 Å². The monoisotopic (exact) mass is 344 g/mol. The van der Waals surface area contributed by atoms with Gasteiger partial charge in [0.25, 0.3) is 0 Å². The first-order chi connectivity index (χ1) is 12.0. The number of nitrogens with one attached hydrogen (secondary N) is 1. The molecule has 0 radical (unpaired) electrons. The van der Waals surface area contributed by atoms with Crippen molar-refractivity contribution in [2.24, 2.45) is 0 Å². The maximum absolute atomic E-state index is 12.0. The second-order valence-corrected chi connectivity index (χ2v) is 5.94. The van der Waals surface area contributed by atoms with Gasteiger partial charge in [0.15, 0.2) is 0 Å². The third kappa shape index (κ3) is 5.99.